The van der Waals surface area contributed by atoms with Gasteiger partial charge in [-0.1, -0.05) is 30.3 Å². The second kappa shape index (κ2) is 7.27. The predicted molar refractivity (Wildman–Crippen MR) is 92.0 cm³/mol. The molecule has 1 aromatic carbocycles. The van der Waals surface area contributed by atoms with Gasteiger partial charge in [-0.15, -0.1) is 0 Å². The van der Waals surface area contributed by atoms with Gasteiger partial charge in [-0.05, 0) is 36.6 Å². The molecule has 1 unspecified atom stereocenters. The molecule has 3 rings (SSSR count). The monoisotopic (exact) mass is 324 g/mol. The zero-order chi connectivity index (χ0) is 16.9. The van der Waals surface area contributed by atoms with Crippen LogP contribution in [0.1, 0.15) is 18.9 Å². The van der Waals surface area contributed by atoms with Crippen molar-refractivity contribution in [3.8, 4) is 0 Å². The number of fused-ring (bicyclic) bond motifs is 1. The van der Waals surface area contributed by atoms with Crippen molar-refractivity contribution in [1.29, 1.82) is 0 Å². The minimum Gasteiger partial charge on any atom is -0.485 e. The summed E-state index contributed by atoms with van der Waals surface area (Å²) in [6.45, 7) is 2.29. The normalized spacial score (nSPS) is 19.6. The molecule has 2 aliphatic heterocycles. The molecule has 1 N–H and O–H groups in total. The lowest BCUT2D eigenvalue weighted by atomic mass is 9.98. The van der Waals surface area contributed by atoms with Crippen LogP contribution in [0.25, 0.3) is 0 Å². The van der Waals surface area contributed by atoms with Gasteiger partial charge in [0.15, 0.2) is 11.6 Å². The molecule has 2 heterocycles. The first-order chi connectivity index (χ1) is 11.7. The maximum atomic E-state index is 11.6. The van der Waals surface area contributed by atoms with E-state index in [9.17, 15) is 9.90 Å². The molecule has 5 heteroatoms. The van der Waals surface area contributed by atoms with E-state index in [0.717, 1.165) is 23.1 Å². The van der Waals surface area contributed by atoms with E-state index in [0.29, 0.717) is 24.6 Å². The number of aliphatic imine (C=N–C) groups is 1. The van der Waals surface area contributed by atoms with E-state index in [2.05, 4.69) is 4.99 Å². The Kier molecular flexibility index (Phi) is 4.91. The Hall–Kier alpha value is -2.66. The minimum atomic E-state index is -0.454. The summed E-state index contributed by atoms with van der Waals surface area (Å²) in [5.41, 5.74) is 2.67. The van der Waals surface area contributed by atoms with Gasteiger partial charge in [-0.2, -0.15) is 0 Å². The number of allylic oxidation sites excluding steroid dienone is 3. The van der Waals surface area contributed by atoms with Crippen molar-refractivity contribution in [3.05, 3.63) is 71.3 Å². The highest BCUT2D eigenvalue weighted by molar-refractivity contribution is 6.01. The molecular formula is C19H20N2O3. The summed E-state index contributed by atoms with van der Waals surface area (Å²) in [5.74, 6) is 1.26. The highest BCUT2D eigenvalue weighted by Gasteiger charge is 2.32. The maximum Gasteiger partial charge on any atom is 0.176 e. The van der Waals surface area contributed by atoms with Crippen LogP contribution in [0.5, 0.6) is 0 Å². The lowest BCUT2D eigenvalue weighted by molar-refractivity contribution is -0.110. The van der Waals surface area contributed by atoms with Gasteiger partial charge in [0.25, 0.3) is 0 Å². The molecule has 2 aliphatic rings. The fourth-order valence-corrected chi connectivity index (χ4v) is 2.89. The molecule has 0 aromatic heterocycles. The lowest BCUT2D eigenvalue weighted by Crippen LogP contribution is -2.43. The fourth-order valence-electron chi connectivity index (χ4n) is 2.89. The molecule has 0 radical (unpaired) electrons. The number of aldehydes is 1. The molecule has 0 saturated carbocycles. The summed E-state index contributed by atoms with van der Waals surface area (Å²) in [7, 11) is 0. The number of benzene rings is 1. The molecule has 0 amide bonds. The maximum absolute atomic E-state index is 11.6. The Bertz CT molecular complexity index is 732. The SMILES string of the molecule is CC1=C(CCO)C(C=O)N2C=CC=C(OCc3ccccc3)C2=N1. The molecular weight excluding hydrogens is 304 g/mol. The van der Waals surface area contributed by atoms with Crippen LogP contribution in [0.2, 0.25) is 0 Å². The topological polar surface area (TPSA) is 62.1 Å². The van der Waals surface area contributed by atoms with Crippen LogP contribution in [0, 0.1) is 0 Å². The molecule has 0 spiro atoms. The third kappa shape index (κ3) is 3.16. The number of aliphatic hydroxyl groups is 1. The highest BCUT2D eigenvalue weighted by Crippen LogP contribution is 2.29. The van der Waals surface area contributed by atoms with Crippen LogP contribution in [-0.2, 0) is 16.1 Å². The third-order valence-electron chi connectivity index (χ3n) is 4.10. The van der Waals surface area contributed by atoms with Crippen molar-refractivity contribution in [3.63, 3.8) is 0 Å². The van der Waals surface area contributed by atoms with E-state index in [1.54, 1.807) is 4.90 Å². The van der Waals surface area contributed by atoms with Crippen molar-refractivity contribution < 1.29 is 14.6 Å². The largest absolute Gasteiger partial charge is 0.485 e. The number of amidine groups is 1. The number of hydrogen-bond donors (Lipinski definition) is 1. The second-order valence-electron chi connectivity index (χ2n) is 5.65. The van der Waals surface area contributed by atoms with Gasteiger partial charge in [0.05, 0.1) is 0 Å². The Labute approximate surface area is 141 Å². The summed E-state index contributed by atoms with van der Waals surface area (Å²) < 4.78 is 5.92. The van der Waals surface area contributed by atoms with Gasteiger partial charge >= 0.3 is 0 Å². The number of nitrogens with zero attached hydrogens (tertiary/aromatic N) is 2. The molecule has 5 nitrogen and oxygen atoms in total. The number of aliphatic hydroxyl groups excluding tert-OH is 1. The summed E-state index contributed by atoms with van der Waals surface area (Å²) in [5, 5.41) is 9.24. The average molecular weight is 324 g/mol. The third-order valence-corrected chi connectivity index (χ3v) is 4.10. The van der Waals surface area contributed by atoms with Crippen LogP contribution in [-0.4, -0.2) is 34.8 Å². The molecule has 1 aromatic rings. The van der Waals surface area contributed by atoms with E-state index in [1.165, 1.54) is 0 Å². The Balaban J connectivity index is 1.85. The van der Waals surface area contributed by atoms with E-state index >= 15 is 0 Å². The lowest BCUT2D eigenvalue weighted by Gasteiger charge is -2.35. The number of carbonyl (C=O) groups is 1. The van der Waals surface area contributed by atoms with Crippen LogP contribution in [0.15, 0.2) is 70.7 Å². The quantitative estimate of drug-likeness (QED) is 0.817. The first-order valence-corrected chi connectivity index (χ1v) is 7.93. The standard InChI is InChI=1S/C19H20N2O3/c1-14-16(9-11-22)17(12-23)21-10-5-8-18(19(21)20-14)24-13-15-6-3-2-4-7-15/h2-8,10,12,17,22H,9,11,13H2,1H3. The highest BCUT2D eigenvalue weighted by atomic mass is 16.5. The Morgan fingerprint density at radius 3 is 2.83 bits per heavy atom. The van der Waals surface area contributed by atoms with Crippen LogP contribution < -0.4 is 0 Å². The number of rotatable bonds is 6. The average Bonchev–Trinajstić information content (AvgIpc) is 2.62. The van der Waals surface area contributed by atoms with Crippen molar-refractivity contribution >= 4 is 12.1 Å². The number of carbonyl (C=O) groups excluding carboxylic acids is 1. The first kappa shape index (κ1) is 16.2. The summed E-state index contributed by atoms with van der Waals surface area (Å²) in [6, 6.07) is 9.44. The van der Waals surface area contributed by atoms with E-state index in [1.807, 2.05) is 55.6 Å². The van der Waals surface area contributed by atoms with Gasteiger partial charge in [0.2, 0.25) is 0 Å². The van der Waals surface area contributed by atoms with Crippen LogP contribution in [0.4, 0.5) is 0 Å². The van der Waals surface area contributed by atoms with Crippen molar-refractivity contribution in [1.82, 2.24) is 4.90 Å². The molecule has 124 valence electrons. The van der Waals surface area contributed by atoms with Crippen LogP contribution in [0.3, 0.4) is 0 Å². The summed E-state index contributed by atoms with van der Waals surface area (Å²) in [6.07, 6.45) is 6.82. The molecule has 0 fully saturated rings. The molecule has 0 saturated heterocycles. The number of ether oxygens (including phenoxy) is 1. The fraction of sp³-hybridized carbons (Fsp3) is 0.263. The molecule has 24 heavy (non-hydrogen) atoms. The van der Waals surface area contributed by atoms with Gasteiger partial charge in [0, 0.05) is 18.5 Å². The van der Waals surface area contributed by atoms with Crippen LogP contribution >= 0.6 is 0 Å². The smallest absolute Gasteiger partial charge is 0.176 e. The van der Waals surface area contributed by atoms with Gasteiger partial charge in [0.1, 0.15) is 18.9 Å². The Morgan fingerprint density at radius 1 is 1.33 bits per heavy atom. The predicted octanol–water partition coefficient (Wildman–Crippen LogP) is 2.55. The minimum absolute atomic E-state index is 0.00732. The van der Waals surface area contributed by atoms with Gasteiger partial charge < -0.3 is 19.5 Å². The zero-order valence-corrected chi connectivity index (χ0v) is 13.6. The number of hydrogen-bond acceptors (Lipinski definition) is 5. The van der Waals surface area contributed by atoms with Gasteiger partial charge in [-0.3, -0.25) is 0 Å². The van der Waals surface area contributed by atoms with E-state index in [-0.39, 0.29) is 6.61 Å². The summed E-state index contributed by atoms with van der Waals surface area (Å²) in [4.78, 5) is 18.0. The van der Waals surface area contributed by atoms with Gasteiger partial charge in [-0.25, -0.2) is 4.99 Å². The van der Waals surface area contributed by atoms with Crippen molar-refractivity contribution in [2.45, 2.75) is 26.0 Å². The summed E-state index contributed by atoms with van der Waals surface area (Å²) >= 11 is 0. The van der Waals surface area contributed by atoms with E-state index in [4.69, 9.17) is 4.74 Å². The zero-order valence-electron chi connectivity index (χ0n) is 13.6. The van der Waals surface area contributed by atoms with E-state index < -0.39 is 6.04 Å². The second-order valence-corrected chi connectivity index (χ2v) is 5.65. The molecule has 0 bridgehead atoms. The van der Waals surface area contributed by atoms with Crippen molar-refractivity contribution in [2.24, 2.45) is 4.99 Å². The Morgan fingerprint density at radius 2 is 2.12 bits per heavy atom. The van der Waals surface area contributed by atoms with Crippen molar-refractivity contribution in [2.75, 3.05) is 6.61 Å². The first-order valence-electron chi connectivity index (χ1n) is 7.93. The molecule has 0 aliphatic carbocycles. The molecule has 1 atom stereocenters.